The van der Waals surface area contributed by atoms with Crippen molar-refractivity contribution >= 4 is 11.4 Å². The number of aromatic hydroxyl groups is 1. The maximum atomic E-state index is 10.7. The molecule has 0 unspecified atom stereocenters. The summed E-state index contributed by atoms with van der Waals surface area (Å²) in [4.78, 5) is 10.2. The van der Waals surface area contributed by atoms with Gasteiger partial charge in [0.25, 0.3) is 0 Å². The molecule has 0 aliphatic heterocycles. The second-order valence-corrected chi connectivity index (χ2v) is 3.94. The van der Waals surface area contributed by atoms with Crippen LogP contribution in [0.1, 0.15) is 0 Å². The molecule has 1 rings (SSSR count). The first kappa shape index (κ1) is 10.5. The molecule has 0 spiro atoms. The molecule has 0 aliphatic rings. The van der Waals surface area contributed by atoms with Crippen molar-refractivity contribution in [2.24, 2.45) is 0 Å². The molecule has 1 N–H and O–H groups in total. The maximum Gasteiger partial charge on any atom is 0.329 e. The van der Waals surface area contributed by atoms with E-state index >= 15 is 0 Å². The number of phenolic OH excluding ortho intramolecular Hbond substituents is 1. The van der Waals surface area contributed by atoms with Crippen LogP contribution in [0.15, 0.2) is 18.2 Å². The van der Waals surface area contributed by atoms with Gasteiger partial charge in [-0.3, -0.25) is 14.6 Å². The van der Waals surface area contributed by atoms with E-state index in [0.717, 1.165) is 0 Å². The average Bonchev–Trinajstić information content (AvgIpc) is 2.01. The summed E-state index contributed by atoms with van der Waals surface area (Å²) >= 11 is 0. The van der Waals surface area contributed by atoms with Gasteiger partial charge in [0.15, 0.2) is 0 Å². The molecule has 0 atom stereocenters. The molecule has 1 aromatic rings. The number of nitro groups is 1. The third-order valence-corrected chi connectivity index (χ3v) is 1.88. The van der Waals surface area contributed by atoms with Crippen LogP contribution in [0.25, 0.3) is 0 Å². The normalized spacial score (nSPS) is 11.4. The fourth-order valence-corrected chi connectivity index (χ4v) is 1.20. The van der Waals surface area contributed by atoms with Crippen molar-refractivity contribution in [2.45, 2.75) is 0 Å². The minimum Gasteiger partial charge on any atom is -0.508 e. The third kappa shape index (κ3) is 2.00. The van der Waals surface area contributed by atoms with Crippen LogP contribution in [0.2, 0.25) is 0 Å². The van der Waals surface area contributed by atoms with E-state index < -0.39 is 4.92 Å². The zero-order valence-electron chi connectivity index (χ0n) is 8.39. The summed E-state index contributed by atoms with van der Waals surface area (Å²) in [6.45, 7) is 0. The lowest BCUT2D eigenvalue weighted by molar-refractivity contribution is -0.384. The van der Waals surface area contributed by atoms with Crippen LogP contribution in [0, 0.1) is 10.1 Å². The summed E-state index contributed by atoms with van der Waals surface area (Å²) in [6.07, 6.45) is 0. The second-order valence-electron chi connectivity index (χ2n) is 3.94. The van der Waals surface area contributed by atoms with Crippen molar-refractivity contribution in [3.05, 3.63) is 28.3 Å². The van der Waals surface area contributed by atoms with Gasteiger partial charge >= 0.3 is 5.69 Å². The highest BCUT2D eigenvalue weighted by Crippen LogP contribution is 2.32. The zero-order valence-corrected chi connectivity index (χ0v) is 8.39. The molecular weight excluding hydrogens is 184 g/mol. The van der Waals surface area contributed by atoms with Crippen LogP contribution < -0.4 is 4.48 Å². The molecule has 0 amide bonds. The van der Waals surface area contributed by atoms with Gasteiger partial charge in [0.2, 0.25) is 5.69 Å². The van der Waals surface area contributed by atoms with E-state index in [4.69, 9.17) is 0 Å². The van der Waals surface area contributed by atoms with Crippen molar-refractivity contribution in [1.82, 2.24) is 4.48 Å². The standard InChI is InChI=1S/C9H12N2O3/c1-11(2,3)9-6-7(12)4-5-8(9)10(13)14/h4-6H,1-3H3/p+1. The topological polar surface area (TPSA) is 63.4 Å². The molecule has 0 saturated carbocycles. The summed E-state index contributed by atoms with van der Waals surface area (Å²) in [6, 6.07) is 4.05. The predicted octanol–water partition coefficient (Wildman–Crippen LogP) is 1.50. The smallest absolute Gasteiger partial charge is 0.329 e. The van der Waals surface area contributed by atoms with Crippen LogP contribution in [0.4, 0.5) is 11.4 Å². The highest BCUT2D eigenvalue weighted by molar-refractivity contribution is 5.62. The van der Waals surface area contributed by atoms with Crippen molar-refractivity contribution in [2.75, 3.05) is 21.1 Å². The Kier molecular flexibility index (Phi) is 2.44. The lowest BCUT2D eigenvalue weighted by Crippen LogP contribution is -2.35. The number of benzene rings is 1. The average molecular weight is 197 g/mol. The summed E-state index contributed by atoms with van der Waals surface area (Å²) in [5.74, 6) is 0.0404. The fraction of sp³-hybridized carbons (Fsp3) is 0.333. The largest absolute Gasteiger partial charge is 0.508 e. The lowest BCUT2D eigenvalue weighted by atomic mass is 10.2. The summed E-state index contributed by atoms with van der Waals surface area (Å²) in [5.41, 5.74) is 0.505. The predicted molar refractivity (Wildman–Crippen MR) is 54.3 cm³/mol. The Labute approximate surface area is 81.9 Å². The molecule has 0 aliphatic carbocycles. The van der Waals surface area contributed by atoms with Crippen molar-refractivity contribution < 1.29 is 10.0 Å². The van der Waals surface area contributed by atoms with Gasteiger partial charge in [-0.2, -0.15) is 0 Å². The Morgan fingerprint density at radius 3 is 2.36 bits per heavy atom. The van der Waals surface area contributed by atoms with Crippen molar-refractivity contribution in [3.8, 4) is 5.75 Å². The monoisotopic (exact) mass is 197 g/mol. The van der Waals surface area contributed by atoms with E-state index in [1.54, 1.807) is 0 Å². The Hall–Kier alpha value is -1.62. The minimum atomic E-state index is -0.446. The molecule has 5 nitrogen and oxygen atoms in total. The van der Waals surface area contributed by atoms with Gasteiger partial charge in [-0.25, -0.2) is 0 Å². The van der Waals surface area contributed by atoms with E-state index in [1.807, 2.05) is 21.1 Å². The third-order valence-electron chi connectivity index (χ3n) is 1.88. The van der Waals surface area contributed by atoms with Crippen LogP contribution in [0.3, 0.4) is 0 Å². The van der Waals surface area contributed by atoms with Crippen LogP contribution >= 0.6 is 0 Å². The van der Waals surface area contributed by atoms with E-state index in [2.05, 4.69) is 0 Å². The molecule has 0 heterocycles. The number of rotatable bonds is 2. The molecule has 0 bridgehead atoms. The van der Waals surface area contributed by atoms with E-state index in [1.165, 1.54) is 18.2 Å². The highest BCUT2D eigenvalue weighted by atomic mass is 16.6. The summed E-state index contributed by atoms with van der Waals surface area (Å²) in [7, 11) is 5.42. The Bertz CT molecular complexity index is 369. The molecule has 76 valence electrons. The Balaban J connectivity index is 3.38. The van der Waals surface area contributed by atoms with Gasteiger partial charge in [0.1, 0.15) is 5.75 Å². The van der Waals surface area contributed by atoms with Gasteiger partial charge in [-0.05, 0) is 6.07 Å². The number of phenols is 1. The van der Waals surface area contributed by atoms with Gasteiger partial charge in [0, 0.05) is 12.1 Å². The number of nitro benzene ring substituents is 1. The van der Waals surface area contributed by atoms with Crippen LogP contribution in [0.5, 0.6) is 5.75 Å². The Morgan fingerprint density at radius 2 is 1.93 bits per heavy atom. The van der Waals surface area contributed by atoms with E-state index in [-0.39, 0.29) is 11.4 Å². The molecule has 0 radical (unpaired) electrons. The molecular formula is C9H13N2O3+. The first-order valence-corrected chi connectivity index (χ1v) is 4.12. The molecule has 5 heteroatoms. The van der Waals surface area contributed by atoms with Crippen molar-refractivity contribution in [3.63, 3.8) is 0 Å². The van der Waals surface area contributed by atoms with E-state index in [9.17, 15) is 15.2 Å². The van der Waals surface area contributed by atoms with Gasteiger partial charge in [0.05, 0.1) is 26.1 Å². The second kappa shape index (κ2) is 3.26. The van der Waals surface area contributed by atoms with Gasteiger partial charge in [-0.1, -0.05) is 0 Å². The van der Waals surface area contributed by atoms with Crippen molar-refractivity contribution in [1.29, 1.82) is 0 Å². The fourth-order valence-electron chi connectivity index (χ4n) is 1.20. The summed E-state index contributed by atoms with van der Waals surface area (Å²) < 4.78 is 0.296. The van der Waals surface area contributed by atoms with Gasteiger partial charge < -0.3 is 5.11 Å². The maximum absolute atomic E-state index is 10.7. The van der Waals surface area contributed by atoms with Gasteiger partial charge in [-0.15, -0.1) is 0 Å². The SMILES string of the molecule is C[N+](C)(C)c1cc(O)ccc1[N+](=O)[O-]. The zero-order chi connectivity index (χ0) is 10.9. The van der Waals surface area contributed by atoms with E-state index in [0.29, 0.717) is 10.2 Å². The molecule has 0 aromatic heterocycles. The minimum absolute atomic E-state index is 0.0234. The Morgan fingerprint density at radius 1 is 1.36 bits per heavy atom. The lowest BCUT2D eigenvalue weighted by Gasteiger charge is -2.22. The first-order valence-electron chi connectivity index (χ1n) is 4.12. The highest BCUT2D eigenvalue weighted by Gasteiger charge is 2.25. The first-order chi connectivity index (χ1) is 6.32. The number of hydrogen-bond donors (Lipinski definition) is 1. The molecule has 0 saturated heterocycles. The number of quaternary nitrogens is 1. The van der Waals surface area contributed by atoms with Crippen LogP contribution in [-0.2, 0) is 0 Å². The number of nitrogens with zero attached hydrogens (tertiary/aromatic N) is 2. The van der Waals surface area contributed by atoms with Crippen LogP contribution in [-0.4, -0.2) is 31.2 Å². The summed E-state index contributed by atoms with van der Waals surface area (Å²) in [5, 5.41) is 19.9. The molecule has 1 aromatic carbocycles. The number of hydrogen-bond acceptors (Lipinski definition) is 3. The quantitative estimate of drug-likeness (QED) is 0.444. The molecule has 14 heavy (non-hydrogen) atoms. The molecule has 0 fully saturated rings.